The van der Waals surface area contributed by atoms with E-state index < -0.39 is 11.9 Å². The summed E-state index contributed by atoms with van der Waals surface area (Å²) < 4.78 is 0. The van der Waals surface area contributed by atoms with Crippen LogP contribution in [0.15, 0.2) is 24.3 Å². The van der Waals surface area contributed by atoms with Crippen molar-refractivity contribution in [1.82, 2.24) is 0 Å². The Morgan fingerprint density at radius 1 is 1.39 bits per heavy atom. The Morgan fingerprint density at radius 2 is 2.06 bits per heavy atom. The summed E-state index contributed by atoms with van der Waals surface area (Å²) in [4.78, 5) is 24.5. The van der Waals surface area contributed by atoms with Crippen LogP contribution >= 0.6 is 0 Å². The molecule has 0 aliphatic rings. The van der Waals surface area contributed by atoms with Crippen molar-refractivity contribution in [3.8, 4) is 0 Å². The molecule has 1 atom stereocenters. The summed E-state index contributed by atoms with van der Waals surface area (Å²) in [5, 5.41) is 0. The van der Waals surface area contributed by atoms with Crippen LogP contribution in [0.1, 0.15) is 18.9 Å². The Bertz CT molecular complexity index is 446. The Morgan fingerprint density at radius 3 is 2.56 bits per heavy atom. The monoisotopic (exact) mass is 249 g/mol. The van der Waals surface area contributed by atoms with Gasteiger partial charge in [-0.1, -0.05) is 12.1 Å². The van der Waals surface area contributed by atoms with Crippen LogP contribution in [0.2, 0.25) is 0 Å². The average molecular weight is 249 g/mol. The lowest BCUT2D eigenvalue weighted by atomic mass is 10.1. The van der Waals surface area contributed by atoms with Crippen LogP contribution in [0, 0.1) is 6.92 Å². The van der Waals surface area contributed by atoms with Gasteiger partial charge in [0.25, 0.3) is 0 Å². The highest BCUT2D eigenvalue weighted by Gasteiger charge is 2.22. The number of rotatable bonds is 5. The van der Waals surface area contributed by atoms with Gasteiger partial charge in [-0.3, -0.25) is 9.59 Å². The van der Waals surface area contributed by atoms with E-state index in [2.05, 4.69) is 0 Å². The summed E-state index contributed by atoms with van der Waals surface area (Å²) >= 11 is 0. The number of primary amides is 1. The van der Waals surface area contributed by atoms with Crippen LogP contribution < -0.4 is 16.4 Å². The van der Waals surface area contributed by atoms with Gasteiger partial charge in [0.15, 0.2) is 0 Å². The predicted octanol–water partition coefficient (Wildman–Crippen LogP) is 0.551. The van der Waals surface area contributed by atoms with Crippen molar-refractivity contribution in [2.45, 2.75) is 26.3 Å². The fourth-order valence-electron chi connectivity index (χ4n) is 1.77. The van der Waals surface area contributed by atoms with Gasteiger partial charge in [0.1, 0.15) is 0 Å². The number of likely N-dealkylation sites (N-methyl/N-ethyl adjacent to an activating group) is 1. The molecule has 1 rings (SSSR count). The standard InChI is InChI=1S/C13H19N3O2/c1-3-16(10-6-4-5-9(2)7-10)13(18)11(14)8-12(15)17/h4-7,11H,3,8,14H2,1-2H3,(H2,15,17). The van der Waals surface area contributed by atoms with Gasteiger partial charge in [-0.05, 0) is 31.5 Å². The molecule has 5 heteroatoms. The topological polar surface area (TPSA) is 89.4 Å². The first kappa shape index (κ1) is 14.2. The van der Waals surface area contributed by atoms with Crippen molar-refractivity contribution < 1.29 is 9.59 Å². The Kier molecular flexibility index (Phi) is 4.85. The Labute approximate surface area is 107 Å². The number of nitrogens with two attached hydrogens (primary N) is 2. The molecule has 98 valence electrons. The third-order valence-corrected chi connectivity index (χ3v) is 2.63. The first-order valence-corrected chi connectivity index (χ1v) is 5.87. The lowest BCUT2D eigenvalue weighted by Crippen LogP contribution is -2.45. The van der Waals surface area contributed by atoms with Gasteiger partial charge in [-0.25, -0.2) is 0 Å². The van der Waals surface area contributed by atoms with Gasteiger partial charge in [0, 0.05) is 12.2 Å². The minimum absolute atomic E-state index is 0.138. The van der Waals surface area contributed by atoms with Gasteiger partial charge >= 0.3 is 0 Å². The second-order valence-electron chi connectivity index (χ2n) is 4.20. The van der Waals surface area contributed by atoms with Gasteiger partial charge < -0.3 is 16.4 Å². The van der Waals surface area contributed by atoms with Crippen molar-refractivity contribution in [1.29, 1.82) is 0 Å². The Balaban J connectivity index is 2.89. The summed E-state index contributed by atoms with van der Waals surface area (Å²) in [6, 6.07) is 6.68. The number of hydrogen-bond acceptors (Lipinski definition) is 3. The Hall–Kier alpha value is -1.88. The molecule has 1 aromatic carbocycles. The molecule has 0 saturated carbocycles. The molecule has 1 unspecified atom stereocenters. The maximum absolute atomic E-state index is 12.1. The first-order chi connectivity index (χ1) is 8.45. The molecule has 1 aromatic rings. The van der Waals surface area contributed by atoms with Gasteiger partial charge in [0.05, 0.1) is 12.5 Å². The van der Waals surface area contributed by atoms with Crippen LogP contribution in [-0.4, -0.2) is 24.4 Å². The van der Waals surface area contributed by atoms with Crippen molar-refractivity contribution in [2.24, 2.45) is 11.5 Å². The van der Waals surface area contributed by atoms with E-state index in [0.717, 1.165) is 11.3 Å². The third-order valence-electron chi connectivity index (χ3n) is 2.63. The zero-order valence-electron chi connectivity index (χ0n) is 10.7. The quantitative estimate of drug-likeness (QED) is 0.798. The summed E-state index contributed by atoms with van der Waals surface area (Å²) in [5.41, 5.74) is 12.6. The van der Waals surface area contributed by atoms with Gasteiger partial charge in [-0.15, -0.1) is 0 Å². The van der Waals surface area contributed by atoms with Crippen LogP contribution in [0.4, 0.5) is 5.69 Å². The second kappa shape index (κ2) is 6.16. The number of nitrogens with zero attached hydrogens (tertiary/aromatic N) is 1. The zero-order chi connectivity index (χ0) is 13.7. The summed E-state index contributed by atoms with van der Waals surface area (Å²) in [5.74, 6) is -0.863. The minimum Gasteiger partial charge on any atom is -0.370 e. The van der Waals surface area contributed by atoms with E-state index in [1.165, 1.54) is 0 Å². The van der Waals surface area contributed by atoms with E-state index >= 15 is 0 Å². The molecule has 0 aliphatic heterocycles. The highest BCUT2D eigenvalue weighted by atomic mass is 16.2. The number of amides is 2. The van der Waals surface area contributed by atoms with Crippen molar-refractivity contribution >= 4 is 17.5 Å². The molecule has 0 bridgehead atoms. The van der Waals surface area contributed by atoms with Crippen molar-refractivity contribution in [2.75, 3.05) is 11.4 Å². The molecule has 18 heavy (non-hydrogen) atoms. The summed E-state index contributed by atoms with van der Waals surface area (Å²) in [7, 11) is 0. The maximum Gasteiger partial charge on any atom is 0.244 e. The van der Waals surface area contributed by atoms with Crippen molar-refractivity contribution in [3.05, 3.63) is 29.8 Å². The van der Waals surface area contributed by atoms with E-state index in [9.17, 15) is 9.59 Å². The number of anilines is 1. The lowest BCUT2D eigenvalue weighted by molar-refractivity contribution is -0.124. The largest absolute Gasteiger partial charge is 0.370 e. The second-order valence-corrected chi connectivity index (χ2v) is 4.20. The third kappa shape index (κ3) is 3.56. The van der Waals surface area contributed by atoms with Crippen LogP contribution in [0.5, 0.6) is 0 Å². The number of benzene rings is 1. The van der Waals surface area contributed by atoms with Crippen LogP contribution in [0.25, 0.3) is 0 Å². The van der Waals surface area contributed by atoms with Crippen molar-refractivity contribution in [3.63, 3.8) is 0 Å². The molecule has 0 fully saturated rings. The maximum atomic E-state index is 12.1. The van der Waals surface area contributed by atoms with Gasteiger partial charge in [-0.2, -0.15) is 0 Å². The number of aryl methyl sites for hydroxylation is 1. The fourth-order valence-corrected chi connectivity index (χ4v) is 1.77. The normalized spacial score (nSPS) is 11.9. The first-order valence-electron chi connectivity index (χ1n) is 5.87. The number of carbonyl (C=O) groups is 2. The molecule has 4 N–H and O–H groups in total. The van der Waals surface area contributed by atoms with E-state index in [-0.39, 0.29) is 12.3 Å². The predicted molar refractivity (Wildman–Crippen MR) is 71.0 cm³/mol. The SMILES string of the molecule is CCN(C(=O)C(N)CC(N)=O)c1cccc(C)c1. The molecule has 0 heterocycles. The molecule has 0 aromatic heterocycles. The number of hydrogen-bond donors (Lipinski definition) is 2. The van der Waals surface area contributed by atoms with E-state index in [0.29, 0.717) is 6.54 Å². The van der Waals surface area contributed by atoms with Gasteiger partial charge in [0.2, 0.25) is 11.8 Å². The fraction of sp³-hybridized carbons (Fsp3) is 0.385. The molecule has 5 nitrogen and oxygen atoms in total. The highest BCUT2D eigenvalue weighted by molar-refractivity contribution is 5.99. The summed E-state index contributed by atoms with van der Waals surface area (Å²) in [6.45, 7) is 4.30. The summed E-state index contributed by atoms with van der Waals surface area (Å²) in [6.07, 6.45) is -0.138. The van der Waals surface area contributed by atoms with Crippen LogP contribution in [0.3, 0.4) is 0 Å². The van der Waals surface area contributed by atoms with E-state index in [4.69, 9.17) is 11.5 Å². The number of carbonyl (C=O) groups excluding carboxylic acids is 2. The van der Waals surface area contributed by atoms with Crippen LogP contribution in [-0.2, 0) is 9.59 Å². The van der Waals surface area contributed by atoms with E-state index in [1.54, 1.807) is 4.90 Å². The van der Waals surface area contributed by atoms with E-state index in [1.807, 2.05) is 38.1 Å². The smallest absolute Gasteiger partial charge is 0.244 e. The molecule has 0 aliphatic carbocycles. The molecule has 0 spiro atoms. The minimum atomic E-state index is -0.886. The molecule has 2 amide bonds. The zero-order valence-corrected chi connectivity index (χ0v) is 10.7. The molecule has 0 saturated heterocycles. The molecule has 0 radical (unpaired) electrons. The highest BCUT2D eigenvalue weighted by Crippen LogP contribution is 2.16. The molecular formula is C13H19N3O2. The lowest BCUT2D eigenvalue weighted by Gasteiger charge is -2.24. The molecular weight excluding hydrogens is 230 g/mol. The average Bonchev–Trinajstić information content (AvgIpc) is 2.29.